The molecule has 1 aliphatic rings. The third-order valence-corrected chi connectivity index (χ3v) is 5.00. The van der Waals surface area contributed by atoms with Crippen LogP contribution in [-0.4, -0.2) is 67.5 Å². The van der Waals surface area contributed by atoms with E-state index in [9.17, 15) is 13.2 Å². The molecule has 0 amide bonds. The molecule has 0 bridgehead atoms. The van der Waals surface area contributed by atoms with Crippen molar-refractivity contribution < 1.29 is 13.2 Å². The molecule has 0 aliphatic carbocycles. The monoisotopic (exact) mass is 388 g/mol. The number of halogens is 3. The third kappa shape index (κ3) is 6.72. The molecule has 0 aromatic heterocycles. The van der Waals surface area contributed by atoms with Crippen LogP contribution < -0.4 is 5.32 Å². The van der Waals surface area contributed by atoms with Gasteiger partial charge in [0.2, 0.25) is 0 Å². The maximum Gasteiger partial charge on any atom is 0.401 e. The van der Waals surface area contributed by atoms with E-state index in [-0.39, 0.29) is 6.04 Å². The molecule has 1 aromatic carbocycles. The first-order chi connectivity index (χ1) is 12.3. The van der Waals surface area contributed by atoms with Crippen molar-refractivity contribution in [1.82, 2.24) is 15.1 Å². The highest BCUT2D eigenvalue weighted by atomic mass is 32.2. The maximum absolute atomic E-state index is 12.5. The Labute approximate surface area is 157 Å². The van der Waals surface area contributed by atoms with Crippen LogP contribution in [0.25, 0.3) is 0 Å². The standard InChI is InChI=1S/C18H27F3N4S/c1-4-22-17(23-15-9-10-25(12-15)13-18(19,20)21)24(2)11-14-5-7-16(26-3)8-6-14/h5-8,15H,4,9-13H2,1-3H3,(H,22,23). The van der Waals surface area contributed by atoms with Gasteiger partial charge in [-0.15, -0.1) is 11.8 Å². The minimum Gasteiger partial charge on any atom is -0.352 e. The maximum atomic E-state index is 12.5. The van der Waals surface area contributed by atoms with Crippen molar-refractivity contribution in [2.75, 3.05) is 39.5 Å². The van der Waals surface area contributed by atoms with E-state index < -0.39 is 12.7 Å². The Morgan fingerprint density at radius 1 is 1.35 bits per heavy atom. The molecule has 4 nitrogen and oxygen atoms in total. The zero-order valence-corrected chi connectivity index (χ0v) is 16.3. The molecular weight excluding hydrogens is 361 g/mol. The van der Waals surface area contributed by atoms with Gasteiger partial charge in [-0.3, -0.25) is 9.89 Å². The first-order valence-electron chi connectivity index (χ1n) is 8.75. The predicted octanol–water partition coefficient (Wildman–Crippen LogP) is 3.44. The zero-order chi connectivity index (χ0) is 19.2. The molecule has 1 heterocycles. The average Bonchev–Trinajstić information content (AvgIpc) is 3.00. The summed E-state index contributed by atoms with van der Waals surface area (Å²) in [5, 5.41) is 3.34. The average molecular weight is 389 g/mol. The second kappa shape index (κ2) is 9.50. The number of hydrogen-bond acceptors (Lipinski definition) is 3. The lowest BCUT2D eigenvalue weighted by Gasteiger charge is -2.26. The summed E-state index contributed by atoms with van der Waals surface area (Å²) < 4.78 is 37.6. The van der Waals surface area contributed by atoms with Gasteiger partial charge in [-0.1, -0.05) is 12.1 Å². The Morgan fingerprint density at radius 3 is 2.62 bits per heavy atom. The number of guanidine groups is 1. The number of benzene rings is 1. The van der Waals surface area contributed by atoms with Gasteiger partial charge in [0.15, 0.2) is 5.96 Å². The van der Waals surface area contributed by atoms with Crippen LogP contribution in [0.5, 0.6) is 0 Å². The number of hydrogen-bond donors (Lipinski definition) is 1. The van der Waals surface area contributed by atoms with E-state index in [0.717, 1.165) is 5.96 Å². The first-order valence-corrected chi connectivity index (χ1v) is 9.97. The van der Waals surface area contributed by atoms with Crippen LogP contribution in [0.1, 0.15) is 18.9 Å². The number of nitrogens with zero attached hydrogens (tertiary/aromatic N) is 3. The van der Waals surface area contributed by atoms with Gasteiger partial charge in [-0.25, -0.2) is 0 Å². The summed E-state index contributed by atoms with van der Waals surface area (Å²) in [5.74, 6) is 0.736. The molecule has 26 heavy (non-hydrogen) atoms. The van der Waals surface area contributed by atoms with Gasteiger partial charge in [-0.2, -0.15) is 13.2 Å². The van der Waals surface area contributed by atoms with Crippen LogP contribution in [0, 0.1) is 0 Å². The molecule has 1 fully saturated rings. The van der Waals surface area contributed by atoms with Crippen molar-refractivity contribution in [2.24, 2.45) is 4.99 Å². The van der Waals surface area contributed by atoms with Crippen LogP contribution in [0.3, 0.4) is 0 Å². The number of nitrogens with one attached hydrogen (secondary N) is 1. The van der Waals surface area contributed by atoms with Gasteiger partial charge in [0.25, 0.3) is 0 Å². The molecule has 1 aliphatic heterocycles. The minimum absolute atomic E-state index is 0.0102. The lowest BCUT2D eigenvalue weighted by atomic mass is 10.2. The molecule has 0 saturated carbocycles. The fourth-order valence-electron chi connectivity index (χ4n) is 3.04. The van der Waals surface area contributed by atoms with Crippen LogP contribution in [0.4, 0.5) is 13.2 Å². The Balaban J connectivity index is 1.92. The molecule has 1 aromatic rings. The Morgan fingerprint density at radius 2 is 2.04 bits per heavy atom. The minimum atomic E-state index is -4.14. The quantitative estimate of drug-likeness (QED) is 0.460. The molecule has 2 rings (SSSR count). The Kier molecular flexibility index (Phi) is 7.64. The molecule has 1 unspecified atom stereocenters. The molecule has 0 radical (unpaired) electrons. The third-order valence-electron chi connectivity index (χ3n) is 4.26. The summed E-state index contributed by atoms with van der Waals surface area (Å²) in [4.78, 5) is 9.18. The van der Waals surface area contributed by atoms with E-state index in [4.69, 9.17) is 0 Å². The summed E-state index contributed by atoms with van der Waals surface area (Å²) in [6.07, 6.45) is -1.41. The fourth-order valence-corrected chi connectivity index (χ4v) is 3.44. The lowest BCUT2D eigenvalue weighted by molar-refractivity contribution is -0.143. The number of likely N-dealkylation sites (tertiary alicyclic amines) is 1. The molecule has 1 saturated heterocycles. The lowest BCUT2D eigenvalue weighted by Crippen LogP contribution is -2.45. The summed E-state index contributed by atoms with van der Waals surface area (Å²) >= 11 is 1.70. The van der Waals surface area contributed by atoms with E-state index in [1.807, 2.05) is 25.1 Å². The fraction of sp³-hybridized carbons (Fsp3) is 0.611. The summed E-state index contributed by atoms with van der Waals surface area (Å²) in [6, 6.07) is 8.34. The van der Waals surface area contributed by atoms with Crippen molar-refractivity contribution in [3.05, 3.63) is 29.8 Å². The van der Waals surface area contributed by atoms with Gasteiger partial charge in [0, 0.05) is 44.2 Å². The van der Waals surface area contributed by atoms with Gasteiger partial charge in [-0.05, 0) is 37.3 Å². The van der Waals surface area contributed by atoms with Crippen molar-refractivity contribution in [2.45, 2.75) is 37.0 Å². The van der Waals surface area contributed by atoms with E-state index in [0.29, 0.717) is 32.6 Å². The Bertz CT molecular complexity index is 589. The van der Waals surface area contributed by atoms with Crippen molar-refractivity contribution >= 4 is 17.7 Å². The van der Waals surface area contributed by atoms with E-state index in [1.54, 1.807) is 11.8 Å². The highest BCUT2D eigenvalue weighted by Crippen LogP contribution is 2.20. The summed E-state index contributed by atoms with van der Waals surface area (Å²) in [6.45, 7) is 3.27. The van der Waals surface area contributed by atoms with Crippen LogP contribution in [0.15, 0.2) is 34.2 Å². The molecule has 146 valence electrons. The smallest absolute Gasteiger partial charge is 0.352 e. The summed E-state index contributed by atoms with van der Waals surface area (Å²) in [7, 11) is 1.95. The van der Waals surface area contributed by atoms with Gasteiger partial charge >= 0.3 is 6.18 Å². The van der Waals surface area contributed by atoms with Gasteiger partial charge in [0.05, 0.1) is 6.54 Å². The van der Waals surface area contributed by atoms with Crippen molar-refractivity contribution in [3.8, 4) is 0 Å². The van der Waals surface area contributed by atoms with Crippen molar-refractivity contribution in [3.63, 3.8) is 0 Å². The van der Waals surface area contributed by atoms with E-state index in [1.165, 1.54) is 15.4 Å². The highest BCUT2D eigenvalue weighted by Gasteiger charge is 2.34. The molecule has 0 spiro atoms. The van der Waals surface area contributed by atoms with Crippen LogP contribution in [-0.2, 0) is 6.54 Å². The number of rotatable bonds is 6. The van der Waals surface area contributed by atoms with Crippen LogP contribution in [0.2, 0.25) is 0 Å². The first kappa shape index (κ1) is 20.9. The summed E-state index contributed by atoms with van der Waals surface area (Å²) in [5.41, 5.74) is 1.17. The predicted molar refractivity (Wildman–Crippen MR) is 102 cm³/mol. The highest BCUT2D eigenvalue weighted by molar-refractivity contribution is 7.98. The normalized spacial score (nSPS) is 19.0. The zero-order valence-electron chi connectivity index (χ0n) is 15.5. The second-order valence-corrected chi connectivity index (χ2v) is 7.36. The molecule has 8 heteroatoms. The Hall–Kier alpha value is -1.41. The number of thioether (sulfide) groups is 1. The van der Waals surface area contributed by atoms with Crippen LogP contribution >= 0.6 is 11.8 Å². The van der Waals surface area contributed by atoms with E-state index in [2.05, 4.69) is 34.6 Å². The molecular formula is C18H27F3N4S. The van der Waals surface area contributed by atoms with Gasteiger partial charge < -0.3 is 10.2 Å². The molecule has 1 atom stereocenters. The van der Waals surface area contributed by atoms with Gasteiger partial charge in [0.1, 0.15) is 0 Å². The molecule has 1 N–H and O–H groups in total. The second-order valence-electron chi connectivity index (χ2n) is 6.48. The van der Waals surface area contributed by atoms with E-state index >= 15 is 0 Å². The van der Waals surface area contributed by atoms with Crippen molar-refractivity contribution in [1.29, 1.82) is 0 Å². The SMILES string of the molecule is CCN=C(NC1CCN(CC(F)(F)F)C1)N(C)Cc1ccc(SC)cc1. The topological polar surface area (TPSA) is 30.9 Å². The largest absolute Gasteiger partial charge is 0.401 e. The number of alkyl halides is 3. The number of aliphatic imine (C=N–C) groups is 1.